The van der Waals surface area contributed by atoms with Crippen LogP contribution in [0.25, 0.3) is 0 Å². The number of benzene rings is 1. The molecule has 3 aliphatic rings. The summed E-state index contributed by atoms with van der Waals surface area (Å²) in [5.74, 6) is 0.347. The van der Waals surface area contributed by atoms with Crippen molar-refractivity contribution in [2.75, 3.05) is 39.3 Å². The van der Waals surface area contributed by atoms with E-state index in [9.17, 15) is 9.59 Å². The maximum atomic E-state index is 12.8. The standard InChI is InChI=1S/C19H23Cl2N3O2.ClH/c20-15-3-1-2-13(16(15)21)17(25)23-8-10-24(11-9-23)18(26)14-12-19(14)4-6-22-7-5-19;/h1-3,14,22H,4-12H2;1H. The van der Waals surface area contributed by atoms with Gasteiger partial charge in [0.1, 0.15) is 0 Å². The van der Waals surface area contributed by atoms with Crippen molar-refractivity contribution in [3.05, 3.63) is 33.8 Å². The Balaban J connectivity index is 0.00000210. The Morgan fingerprint density at radius 1 is 1.04 bits per heavy atom. The molecule has 0 aromatic heterocycles. The first-order chi connectivity index (χ1) is 12.5. The van der Waals surface area contributed by atoms with E-state index in [4.69, 9.17) is 23.2 Å². The van der Waals surface area contributed by atoms with Crippen molar-refractivity contribution < 1.29 is 9.59 Å². The Bertz CT molecular complexity index is 729. The number of nitrogens with zero attached hydrogens (tertiary/aromatic N) is 2. The van der Waals surface area contributed by atoms with Crippen LogP contribution in [0.4, 0.5) is 0 Å². The van der Waals surface area contributed by atoms with Crippen LogP contribution in [-0.2, 0) is 4.79 Å². The smallest absolute Gasteiger partial charge is 0.255 e. The largest absolute Gasteiger partial charge is 0.339 e. The van der Waals surface area contributed by atoms with E-state index >= 15 is 0 Å². The number of carbonyl (C=O) groups is 2. The van der Waals surface area contributed by atoms with E-state index < -0.39 is 0 Å². The lowest BCUT2D eigenvalue weighted by molar-refractivity contribution is -0.135. The van der Waals surface area contributed by atoms with Crippen LogP contribution in [0.2, 0.25) is 10.0 Å². The first-order valence-electron chi connectivity index (χ1n) is 9.25. The summed E-state index contributed by atoms with van der Waals surface area (Å²) in [4.78, 5) is 29.2. The van der Waals surface area contributed by atoms with Crippen molar-refractivity contribution in [1.82, 2.24) is 15.1 Å². The molecular weight excluding hydrogens is 409 g/mol. The molecule has 1 aliphatic carbocycles. The Hall–Kier alpha value is -1.01. The average Bonchev–Trinajstić information content (AvgIpc) is 3.36. The summed E-state index contributed by atoms with van der Waals surface area (Å²) in [5, 5.41) is 4.05. The number of hydrogen-bond donors (Lipinski definition) is 1. The van der Waals surface area contributed by atoms with Gasteiger partial charge in [-0.15, -0.1) is 12.4 Å². The number of amides is 2. The van der Waals surface area contributed by atoms with Crippen molar-refractivity contribution in [3.63, 3.8) is 0 Å². The van der Waals surface area contributed by atoms with Gasteiger partial charge >= 0.3 is 0 Å². The first kappa shape index (κ1) is 20.7. The Morgan fingerprint density at radius 2 is 1.67 bits per heavy atom. The number of nitrogens with one attached hydrogen (secondary N) is 1. The van der Waals surface area contributed by atoms with Gasteiger partial charge < -0.3 is 15.1 Å². The van der Waals surface area contributed by atoms with Crippen LogP contribution in [0, 0.1) is 11.3 Å². The third kappa shape index (κ3) is 3.93. The highest BCUT2D eigenvalue weighted by atomic mass is 35.5. The molecule has 1 aromatic rings. The fourth-order valence-corrected chi connectivity index (χ4v) is 4.75. The molecule has 2 amide bonds. The van der Waals surface area contributed by atoms with Gasteiger partial charge in [0, 0.05) is 32.1 Å². The Labute approximate surface area is 175 Å². The normalized spacial score (nSPS) is 23.7. The molecule has 1 atom stereocenters. The van der Waals surface area contributed by atoms with Crippen LogP contribution in [0.15, 0.2) is 18.2 Å². The molecule has 148 valence electrons. The molecular formula is C19H24Cl3N3O2. The van der Waals surface area contributed by atoms with Crippen LogP contribution in [0.5, 0.6) is 0 Å². The minimum atomic E-state index is -0.120. The summed E-state index contributed by atoms with van der Waals surface area (Å²) in [6.07, 6.45) is 3.25. The van der Waals surface area contributed by atoms with Crippen molar-refractivity contribution in [3.8, 4) is 0 Å². The quantitative estimate of drug-likeness (QED) is 0.781. The summed E-state index contributed by atoms with van der Waals surface area (Å²) >= 11 is 12.2. The summed E-state index contributed by atoms with van der Waals surface area (Å²) < 4.78 is 0. The highest BCUT2D eigenvalue weighted by Crippen LogP contribution is 2.59. The maximum absolute atomic E-state index is 12.8. The van der Waals surface area contributed by atoms with E-state index in [1.165, 1.54) is 0 Å². The number of piperidine rings is 1. The molecule has 1 N–H and O–H groups in total. The monoisotopic (exact) mass is 431 g/mol. The summed E-state index contributed by atoms with van der Waals surface area (Å²) in [6.45, 7) is 4.30. The average molecular weight is 433 g/mol. The van der Waals surface area contributed by atoms with E-state index in [1.54, 1.807) is 23.1 Å². The lowest BCUT2D eigenvalue weighted by atomic mass is 9.91. The number of carbonyl (C=O) groups excluding carboxylic acids is 2. The fourth-order valence-electron chi connectivity index (χ4n) is 4.36. The minimum absolute atomic E-state index is 0. The van der Waals surface area contributed by atoms with Crippen LogP contribution < -0.4 is 5.32 Å². The molecule has 3 fully saturated rings. The van der Waals surface area contributed by atoms with Crippen molar-refractivity contribution in [2.24, 2.45) is 11.3 Å². The van der Waals surface area contributed by atoms with E-state index in [0.717, 1.165) is 32.4 Å². The number of halogens is 3. The molecule has 4 rings (SSSR count). The van der Waals surface area contributed by atoms with Crippen LogP contribution >= 0.6 is 35.6 Å². The van der Waals surface area contributed by atoms with Gasteiger partial charge in [-0.3, -0.25) is 9.59 Å². The molecule has 27 heavy (non-hydrogen) atoms. The Morgan fingerprint density at radius 3 is 2.33 bits per heavy atom. The third-order valence-corrected chi connectivity index (χ3v) is 6.97. The molecule has 1 spiro atoms. The van der Waals surface area contributed by atoms with Crippen molar-refractivity contribution in [1.29, 1.82) is 0 Å². The van der Waals surface area contributed by atoms with E-state index in [-0.39, 0.29) is 35.6 Å². The summed E-state index contributed by atoms with van der Waals surface area (Å²) in [7, 11) is 0. The zero-order valence-corrected chi connectivity index (χ0v) is 17.4. The van der Waals surface area contributed by atoms with Gasteiger partial charge in [0.2, 0.25) is 5.91 Å². The second-order valence-corrected chi connectivity index (χ2v) is 8.37. The number of rotatable bonds is 2. The highest BCUT2D eigenvalue weighted by molar-refractivity contribution is 6.43. The lowest BCUT2D eigenvalue weighted by Crippen LogP contribution is -2.51. The molecule has 5 nitrogen and oxygen atoms in total. The molecule has 0 bridgehead atoms. The summed E-state index contributed by atoms with van der Waals surface area (Å²) in [6, 6.07) is 5.09. The van der Waals surface area contributed by atoms with Gasteiger partial charge in [-0.2, -0.15) is 0 Å². The number of piperazine rings is 1. The second-order valence-electron chi connectivity index (χ2n) is 7.59. The molecule has 0 radical (unpaired) electrons. The summed E-state index contributed by atoms with van der Waals surface area (Å²) in [5.41, 5.74) is 0.679. The second kappa shape index (κ2) is 8.16. The van der Waals surface area contributed by atoms with E-state index in [1.807, 2.05) is 4.90 Å². The fraction of sp³-hybridized carbons (Fsp3) is 0.579. The zero-order chi connectivity index (χ0) is 18.3. The van der Waals surface area contributed by atoms with Gasteiger partial charge in [-0.05, 0) is 49.9 Å². The zero-order valence-electron chi connectivity index (χ0n) is 15.0. The topological polar surface area (TPSA) is 52.7 Å². The van der Waals surface area contributed by atoms with Crippen molar-refractivity contribution >= 4 is 47.4 Å². The number of hydrogen-bond acceptors (Lipinski definition) is 3. The van der Waals surface area contributed by atoms with E-state index in [2.05, 4.69) is 5.32 Å². The minimum Gasteiger partial charge on any atom is -0.339 e. The van der Waals surface area contributed by atoms with Gasteiger partial charge in [0.25, 0.3) is 5.91 Å². The van der Waals surface area contributed by atoms with Gasteiger partial charge in [-0.25, -0.2) is 0 Å². The van der Waals surface area contributed by atoms with Gasteiger partial charge in [-0.1, -0.05) is 29.3 Å². The molecule has 8 heteroatoms. The van der Waals surface area contributed by atoms with Gasteiger partial charge in [0.05, 0.1) is 15.6 Å². The van der Waals surface area contributed by atoms with Gasteiger partial charge in [0.15, 0.2) is 0 Å². The molecule has 2 heterocycles. The lowest BCUT2D eigenvalue weighted by Gasteiger charge is -2.35. The SMILES string of the molecule is Cl.O=C(c1cccc(Cl)c1Cl)N1CCN(C(=O)C2CC23CCNCC3)CC1. The van der Waals surface area contributed by atoms with Crippen LogP contribution in [0.3, 0.4) is 0 Å². The van der Waals surface area contributed by atoms with Crippen LogP contribution in [0.1, 0.15) is 29.6 Å². The first-order valence-corrected chi connectivity index (χ1v) is 10.0. The predicted molar refractivity (Wildman–Crippen MR) is 109 cm³/mol. The maximum Gasteiger partial charge on any atom is 0.255 e. The van der Waals surface area contributed by atoms with Crippen molar-refractivity contribution in [2.45, 2.75) is 19.3 Å². The molecule has 2 aliphatic heterocycles. The highest BCUT2D eigenvalue weighted by Gasteiger charge is 2.58. The molecule has 1 unspecified atom stereocenters. The molecule has 1 aromatic carbocycles. The third-order valence-electron chi connectivity index (χ3n) is 6.15. The van der Waals surface area contributed by atoms with E-state index in [0.29, 0.717) is 41.8 Å². The predicted octanol–water partition coefficient (Wildman–Crippen LogP) is 3.09. The molecule has 2 saturated heterocycles. The Kier molecular flexibility index (Phi) is 6.26. The molecule has 1 saturated carbocycles. The van der Waals surface area contributed by atoms with Crippen LogP contribution in [-0.4, -0.2) is 60.9 Å².